The number of amides is 1. The summed E-state index contributed by atoms with van der Waals surface area (Å²) in [7, 11) is -4.18. The third-order valence-corrected chi connectivity index (χ3v) is 8.30. The molecule has 2 aromatic carbocycles. The van der Waals surface area contributed by atoms with Crippen LogP contribution in [0.2, 0.25) is 0 Å². The van der Waals surface area contributed by atoms with Gasteiger partial charge in [0.1, 0.15) is 11.0 Å². The van der Waals surface area contributed by atoms with E-state index in [2.05, 4.69) is 35.9 Å². The molecule has 0 fully saturated rings. The fourth-order valence-corrected chi connectivity index (χ4v) is 5.92. The summed E-state index contributed by atoms with van der Waals surface area (Å²) >= 11 is 1.12. The van der Waals surface area contributed by atoms with Crippen molar-refractivity contribution < 1.29 is 46.2 Å². The van der Waals surface area contributed by atoms with Crippen LogP contribution in [0, 0.1) is 0 Å². The van der Waals surface area contributed by atoms with Crippen LogP contribution >= 0.6 is 11.3 Å². The number of carboxylic acids is 2. The molecule has 0 spiro atoms. The van der Waals surface area contributed by atoms with Gasteiger partial charge in [0.2, 0.25) is 15.0 Å². The number of benzene rings is 2. The first-order valence-corrected chi connectivity index (χ1v) is 15.2. The Kier molecular flexibility index (Phi) is 11.9. The third kappa shape index (κ3) is 10.1. The first kappa shape index (κ1) is 34.1. The van der Waals surface area contributed by atoms with Crippen molar-refractivity contribution >= 4 is 55.9 Å². The number of halogens is 3. The van der Waals surface area contributed by atoms with Crippen LogP contribution in [0.15, 0.2) is 52.4 Å². The maximum Gasteiger partial charge on any atom is 0.490 e. The highest BCUT2D eigenvalue weighted by Crippen LogP contribution is 2.23. The fourth-order valence-electron chi connectivity index (χ4n) is 3.70. The molecule has 14 nitrogen and oxygen atoms in total. The van der Waals surface area contributed by atoms with Crippen LogP contribution in [-0.2, 0) is 26.0 Å². The average molecular weight is 660 g/mol. The van der Waals surface area contributed by atoms with Crippen LogP contribution in [0.3, 0.4) is 0 Å². The predicted molar refractivity (Wildman–Crippen MR) is 153 cm³/mol. The minimum Gasteiger partial charge on any atom is -0.480 e. The molecule has 3 aromatic rings. The van der Waals surface area contributed by atoms with Crippen molar-refractivity contribution in [1.82, 2.24) is 30.9 Å². The molecule has 1 atom stereocenters. The maximum atomic E-state index is 13.0. The highest BCUT2D eigenvalue weighted by molar-refractivity contribution is 7.89. The number of aryl methyl sites for hydroxylation is 1. The third-order valence-electron chi connectivity index (χ3n) is 5.79. The highest BCUT2D eigenvalue weighted by Gasteiger charge is 2.38. The molecular weight excluding hydrogens is 631 g/mol. The Balaban J connectivity index is 0.000000676. The van der Waals surface area contributed by atoms with Gasteiger partial charge in [-0.25, -0.2) is 13.2 Å². The molecule has 1 aliphatic rings. The van der Waals surface area contributed by atoms with Gasteiger partial charge < -0.3 is 26.2 Å². The Morgan fingerprint density at radius 1 is 1.05 bits per heavy atom. The van der Waals surface area contributed by atoms with E-state index in [9.17, 15) is 36.3 Å². The summed E-state index contributed by atoms with van der Waals surface area (Å²) in [5, 5.41) is 35.3. The molecule has 44 heavy (non-hydrogen) atoms. The van der Waals surface area contributed by atoms with E-state index < -0.39 is 46.6 Å². The van der Waals surface area contributed by atoms with Crippen LogP contribution in [0.5, 0.6) is 0 Å². The largest absolute Gasteiger partial charge is 0.490 e. The lowest BCUT2D eigenvalue weighted by Gasteiger charge is -2.16. The van der Waals surface area contributed by atoms with E-state index in [0.717, 1.165) is 49.8 Å². The van der Waals surface area contributed by atoms with Gasteiger partial charge in [-0.1, -0.05) is 47.7 Å². The van der Waals surface area contributed by atoms with E-state index >= 15 is 0 Å². The lowest BCUT2D eigenvalue weighted by Crippen LogP contribution is -2.48. The number of unbranched alkanes of at least 4 members (excludes halogenated alkanes) is 1. The van der Waals surface area contributed by atoms with Crippen molar-refractivity contribution in [3.63, 3.8) is 0 Å². The van der Waals surface area contributed by atoms with E-state index in [0.29, 0.717) is 22.2 Å². The Hall–Kier alpha value is -4.36. The molecular formula is C25H28F3N7O7S2. The van der Waals surface area contributed by atoms with Crippen molar-refractivity contribution in [3.8, 4) is 0 Å². The summed E-state index contributed by atoms with van der Waals surface area (Å²) in [5.41, 5.74) is 0. The van der Waals surface area contributed by atoms with Crippen molar-refractivity contribution in [2.75, 3.05) is 26.2 Å². The van der Waals surface area contributed by atoms with Gasteiger partial charge in [0.05, 0.1) is 11.4 Å². The van der Waals surface area contributed by atoms with E-state index in [1.54, 1.807) is 36.4 Å². The minimum atomic E-state index is -5.08. The monoisotopic (exact) mass is 659 g/mol. The normalized spacial score (nSPS) is 13.7. The minimum absolute atomic E-state index is 0.0420. The average Bonchev–Trinajstić information content (AvgIpc) is 3.67. The van der Waals surface area contributed by atoms with Gasteiger partial charge in [0.25, 0.3) is 5.91 Å². The van der Waals surface area contributed by atoms with Crippen molar-refractivity contribution in [3.05, 3.63) is 52.5 Å². The van der Waals surface area contributed by atoms with Gasteiger partial charge in [-0.2, -0.15) is 17.9 Å². The van der Waals surface area contributed by atoms with Crippen LogP contribution in [0.4, 0.5) is 13.2 Å². The van der Waals surface area contributed by atoms with Crippen molar-refractivity contribution in [1.29, 1.82) is 0 Å². The highest BCUT2D eigenvalue weighted by atomic mass is 32.2. The number of carbonyl (C=O) groups is 3. The molecule has 0 bridgehead atoms. The van der Waals surface area contributed by atoms with E-state index in [-0.39, 0.29) is 9.90 Å². The summed E-state index contributed by atoms with van der Waals surface area (Å²) < 4.78 is 59.9. The number of aliphatic imine (C=N–C) groups is 1. The molecule has 238 valence electrons. The zero-order valence-electron chi connectivity index (χ0n) is 22.8. The van der Waals surface area contributed by atoms with Gasteiger partial charge >= 0.3 is 18.1 Å². The van der Waals surface area contributed by atoms with Gasteiger partial charge in [-0.3, -0.25) is 14.6 Å². The first-order valence-electron chi connectivity index (χ1n) is 12.9. The number of guanidine groups is 1. The second-order valence-electron chi connectivity index (χ2n) is 9.04. The van der Waals surface area contributed by atoms with E-state index in [1.807, 2.05) is 0 Å². The zero-order valence-corrected chi connectivity index (χ0v) is 24.4. The number of hydrogen-bond donors (Lipinski definition) is 6. The number of aromatic nitrogens is 2. The zero-order chi connectivity index (χ0) is 32.3. The molecule has 0 aliphatic carbocycles. The SMILES string of the molecule is O=C(NCC(NS(=O)(=O)c1cccc2ccccc12)C(=O)O)c1nnc(CCCCNC2=NCCN2)s1.O=C(O)C(F)(F)F. The standard InChI is InChI=1S/C23H27N7O5S2.C2HF3O2/c31-20(21-29-28-19(36-21)10-3-4-11-24-23-25-12-13-26-23)27-14-17(22(32)33)30-37(34,35)18-9-5-7-15-6-1-2-8-16(15)18;3-2(4,5)1(6)7/h1-2,5-9,17,30H,3-4,10-14H2,(H,27,31)(H,32,33)(H2,24,25,26);(H,6,7). The maximum absolute atomic E-state index is 13.0. The lowest BCUT2D eigenvalue weighted by molar-refractivity contribution is -0.192. The number of hydrogen-bond acceptors (Lipinski definition) is 11. The molecule has 0 saturated carbocycles. The topological polar surface area (TPSA) is 212 Å². The quantitative estimate of drug-likeness (QED) is 0.153. The molecule has 19 heteroatoms. The Morgan fingerprint density at radius 3 is 2.41 bits per heavy atom. The second kappa shape index (κ2) is 15.4. The summed E-state index contributed by atoms with van der Waals surface area (Å²) in [6.45, 7) is 1.93. The first-order chi connectivity index (χ1) is 20.8. The van der Waals surface area contributed by atoms with Crippen LogP contribution in [-0.4, -0.2) is 91.0 Å². The van der Waals surface area contributed by atoms with E-state index in [1.165, 1.54) is 6.07 Å². The van der Waals surface area contributed by atoms with Gasteiger partial charge in [-0.05, 0) is 24.3 Å². The van der Waals surface area contributed by atoms with Gasteiger partial charge in [0, 0.05) is 31.4 Å². The summed E-state index contributed by atoms with van der Waals surface area (Å²) in [6.07, 6.45) is -2.71. The van der Waals surface area contributed by atoms with Gasteiger partial charge in [-0.15, -0.1) is 10.2 Å². The Morgan fingerprint density at radius 2 is 1.75 bits per heavy atom. The van der Waals surface area contributed by atoms with E-state index in [4.69, 9.17) is 9.90 Å². The molecule has 0 saturated heterocycles. The number of carbonyl (C=O) groups excluding carboxylic acids is 1. The van der Waals surface area contributed by atoms with Crippen LogP contribution < -0.4 is 20.7 Å². The molecule has 0 radical (unpaired) electrons. The number of nitrogens with one attached hydrogen (secondary N) is 4. The Labute approximate surface area is 252 Å². The summed E-state index contributed by atoms with van der Waals surface area (Å²) in [6, 6.07) is 10.1. The Bertz CT molecular complexity index is 1610. The number of rotatable bonds is 12. The molecule has 1 unspecified atom stereocenters. The second-order valence-corrected chi connectivity index (χ2v) is 11.8. The fraction of sp³-hybridized carbons (Fsp3) is 0.360. The number of sulfonamides is 1. The number of alkyl halides is 3. The van der Waals surface area contributed by atoms with Crippen LogP contribution in [0.1, 0.15) is 27.7 Å². The van der Waals surface area contributed by atoms with Crippen LogP contribution in [0.25, 0.3) is 10.8 Å². The summed E-state index contributed by atoms with van der Waals surface area (Å²) in [5.74, 6) is -3.98. The smallest absolute Gasteiger partial charge is 0.480 e. The molecule has 1 aromatic heterocycles. The molecule has 2 heterocycles. The molecule has 4 rings (SSSR count). The predicted octanol–water partition coefficient (Wildman–Crippen LogP) is 1.36. The number of nitrogens with zero attached hydrogens (tertiary/aromatic N) is 3. The number of carboxylic acid groups (broad SMARTS) is 2. The van der Waals surface area contributed by atoms with Crippen molar-refractivity contribution in [2.24, 2.45) is 4.99 Å². The summed E-state index contributed by atoms with van der Waals surface area (Å²) in [4.78, 5) is 37.4. The number of fused-ring (bicyclic) bond motifs is 1. The molecule has 1 aliphatic heterocycles. The number of aliphatic carboxylic acids is 2. The molecule has 1 amide bonds. The lowest BCUT2D eigenvalue weighted by atomic mass is 10.1. The van der Waals surface area contributed by atoms with Crippen molar-refractivity contribution in [2.45, 2.75) is 36.4 Å². The van der Waals surface area contributed by atoms with Gasteiger partial charge in [0.15, 0.2) is 5.96 Å². The molecule has 6 N–H and O–H groups in total.